The summed E-state index contributed by atoms with van der Waals surface area (Å²) in [6.07, 6.45) is 4.76. The lowest BCUT2D eigenvalue weighted by Gasteiger charge is -2.35. The van der Waals surface area contributed by atoms with E-state index in [1.807, 2.05) is 26.8 Å². The van der Waals surface area contributed by atoms with Crippen molar-refractivity contribution in [3.8, 4) is 5.88 Å². The molecule has 1 fully saturated rings. The van der Waals surface area contributed by atoms with E-state index in [-0.39, 0.29) is 5.91 Å². The van der Waals surface area contributed by atoms with Crippen LogP contribution in [0.2, 0.25) is 0 Å². The van der Waals surface area contributed by atoms with Crippen molar-refractivity contribution >= 4 is 11.6 Å². The normalized spacial score (nSPS) is 16.4. The standard InChI is InChI=1S/C19H30N2O4/c1-4-23-13-14-24-17-10-9-16(15(3)20-17)21-18(22)19(25-5-2)11-7-6-8-12-19/h9-10H,4-8,11-14H2,1-3H3,(H,21,22). The highest BCUT2D eigenvalue weighted by Gasteiger charge is 2.40. The topological polar surface area (TPSA) is 69.7 Å². The van der Waals surface area contributed by atoms with Crippen LogP contribution in [0, 0.1) is 6.92 Å². The summed E-state index contributed by atoms with van der Waals surface area (Å²) in [6, 6.07) is 3.60. The van der Waals surface area contributed by atoms with Crippen LogP contribution in [0.15, 0.2) is 12.1 Å². The van der Waals surface area contributed by atoms with E-state index in [9.17, 15) is 4.79 Å². The van der Waals surface area contributed by atoms with Gasteiger partial charge in [-0.3, -0.25) is 4.79 Å². The van der Waals surface area contributed by atoms with Crippen molar-refractivity contribution in [2.45, 2.75) is 58.5 Å². The Kier molecular flexibility index (Phi) is 7.65. The molecular formula is C19H30N2O4. The first-order chi connectivity index (χ1) is 12.1. The van der Waals surface area contributed by atoms with E-state index >= 15 is 0 Å². The van der Waals surface area contributed by atoms with E-state index in [2.05, 4.69) is 10.3 Å². The van der Waals surface area contributed by atoms with Crippen LogP contribution in [0.1, 0.15) is 51.6 Å². The number of ether oxygens (including phenoxy) is 3. The van der Waals surface area contributed by atoms with Gasteiger partial charge in [-0.05, 0) is 39.7 Å². The maximum Gasteiger partial charge on any atom is 0.256 e. The Labute approximate surface area is 150 Å². The first-order valence-corrected chi connectivity index (χ1v) is 9.25. The second-order valence-electron chi connectivity index (χ2n) is 6.27. The first kappa shape index (κ1) is 19.7. The number of aromatic nitrogens is 1. The predicted octanol–water partition coefficient (Wildman–Crippen LogP) is 3.48. The number of carbonyl (C=O) groups is 1. The van der Waals surface area contributed by atoms with Crippen LogP contribution in [-0.4, -0.2) is 42.9 Å². The third-order valence-electron chi connectivity index (χ3n) is 4.49. The van der Waals surface area contributed by atoms with E-state index in [0.717, 1.165) is 37.8 Å². The summed E-state index contributed by atoms with van der Waals surface area (Å²) in [5.41, 5.74) is 0.725. The number of rotatable bonds is 9. The largest absolute Gasteiger partial charge is 0.475 e. The minimum Gasteiger partial charge on any atom is -0.475 e. The molecule has 1 amide bonds. The number of nitrogens with zero attached hydrogens (tertiary/aromatic N) is 1. The molecular weight excluding hydrogens is 320 g/mol. The van der Waals surface area contributed by atoms with Gasteiger partial charge in [0, 0.05) is 19.3 Å². The van der Waals surface area contributed by atoms with Gasteiger partial charge in [-0.25, -0.2) is 4.98 Å². The van der Waals surface area contributed by atoms with Gasteiger partial charge in [0.15, 0.2) is 0 Å². The molecule has 25 heavy (non-hydrogen) atoms. The minimum atomic E-state index is -0.702. The van der Waals surface area contributed by atoms with Gasteiger partial charge in [-0.2, -0.15) is 0 Å². The highest BCUT2D eigenvalue weighted by molar-refractivity contribution is 5.97. The molecule has 2 rings (SSSR count). The van der Waals surface area contributed by atoms with Crippen LogP contribution in [0.4, 0.5) is 5.69 Å². The number of amides is 1. The van der Waals surface area contributed by atoms with E-state index in [0.29, 0.717) is 38.0 Å². The van der Waals surface area contributed by atoms with Gasteiger partial charge < -0.3 is 19.5 Å². The summed E-state index contributed by atoms with van der Waals surface area (Å²) >= 11 is 0. The van der Waals surface area contributed by atoms with Crippen molar-refractivity contribution in [3.63, 3.8) is 0 Å². The molecule has 1 aromatic heterocycles. The maximum atomic E-state index is 12.8. The third-order valence-corrected chi connectivity index (χ3v) is 4.49. The molecule has 1 aliphatic carbocycles. The fourth-order valence-corrected chi connectivity index (χ4v) is 3.17. The molecule has 6 nitrogen and oxygen atoms in total. The smallest absolute Gasteiger partial charge is 0.256 e. The zero-order valence-corrected chi connectivity index (χ0v) is 15.6. The van der Waals surface area contributed by atoms with Crippen LogP contribution < -0.4 is 10.1 Å². The van der Waals surface area contributed by atoms with Gasteiger partial charge in [-0.1, -0.05) is 19.3 Å². The molecule has 0 aromatic carbocycles. The summed E-state index contributed by atoms with van der Waals surface area (Å²) in [6.45, 7) is 7.94. The fraction of sp³-hybridized carbons (Fsp3) is 0.684. The molecule has 1 aliphatic rings. The minimum absolute atomic E-state index is 0.0658. The van der Waals surface area contributed by atoms with Crippen LogP contribution in [0.3, 0.4) is 0 Å². The average Bonchev–Trinajstić information content (AvgIpc) is 2.62. The molecule has 0 bridgehead atoms. The predicted molar refractivity (Wildman–Crippen MR) is 97.0 cm³/mol. The molecule has 0 aliphatic heterocycles. The highest BCUT2D eigenvalue weighted by Crippen LogP contribution is 2.33. The molecule has 0 saturated heterocycles. The summed E-state index contributed by atoms with van der Waals surface area (Å²) in [5.74, 6) is 0.469. The number of hydrogen-bond donors (Lipinski definition) is 1. The van der Waals surface area contributed by atoms with Crippen LogP contribution in [0.5, 0.6) is 5.88 Å². The molecule has 1 saturated carbocycles. The lowest BCUT2D eigenvalue weighted by molar-refractivity contribution is -0.145. The van der Waals surface area contributed by atoms with Crippen molar-refractivity contribution in [2.75, 3.05) is 31.7 Å². The zero-order valence-electron chi connectivity index (χ0n) is 15.6. The van der Waals surface area contributed by atoms with Crippen LogP contribution in [0.25, 0.3) is 0 Å². The Morgan fingerprint density at radius 3 is 2.56 bits per heavy atom. The molecule has 0 spiro atoms. The molecule has 0 atom stereocenters. The quantitative estimate of drug-likeness (QED) is 0.691. The molecule has 0 unspecified atom stereocenters. The number of nitrogens with one attached hydrogen (secondary N) is 1. The monoisotopic (exact) mass is 350 g/mol. The third kappa shape index (κ3) is 5.41. The SMILES string of the molecule is CCOCCOc1ccc(NC(=O)C2(OCC)CCCCC2)c(C)n1. The van der Waals surface area contributed by atoms with Gasteiger partial charge in [0.25, 0.3) is 5.91 Å². The first-order valence-electron chi connectivity index (χ1n) is 9.25. The van der Waals surface area contributed by atoms with Crippen molar-refractivity contribution < 1.29 is 19.0 Å². The Bertz CT molecular complexity index is 551. The van der Waals surface area contributed by atoms with E-state index in [1.165, 1.54) is 0 Å². The molecule has 140 valence electrons. The summed E-state index contributed by atoms with van der Waals surface area (Å²) in [5, 5.41) is 3.00. The van der Waals surface area contributed by atoms with E-state index < -0.39 is 5.60 Å². The Balaban J connectivity index is 1.99. The van der Waals surface area contributed by atoms with Crippen molar-refractivity contribution in [3.05, 3.63) is 17.8 Å². The number of anilines is 1. The van der Waals surface area contributed by atoms with Crippen molar-refractivity contribution in [1.82, 2.24) is 4.98 Å². The maximum absolute atomic E-state index is 12.8. The highest BCUT2D eigenvalue weighted by atomic mass is 16.5. The number of aryl methyl sites for hydroxylation is 1. The van der Waals surface area contributed by atoms with Gasteiger partial charge in [0.1, 0.15) is 12.2 Å². The van der Waals surface area contributed by atoms with Gasteiger partial charge in [-0.15, -0.1) is 0 Å². The fourth-order valence-electron chi connectivity index (χ4n) is 3.17. The van der Waals surface area contributed by atoms with Gasteiger partial charge in [0.2, 0.25) is 5.88 Å². The Hall–Kier alpha value is -1.66. The summed E-state index contributed by atoms with van der Waals surface area (Å²) in [4.78, 5) is 17.3. The number of pyridine rings is 1. The van der Waals surface area contributed by atoms with Crippen LogP contribution in [-0.2, 0) is 14.3 Å². The molecule has 1 N–H and O–H groups in total. The van der Waals surface area contributed by atoms with Crippen LogP contribution >= 0.6 is 0 Å². The van der Waals surface area contributed by atoms with E-state index in [1.54, 1.807) is 6.07 Å². The number of hydrogen-bond acceptors (Lipinski definition) is 5. The summed E-state index contributed by atoms with van der Waals surface area (Å²) in [7, 11) is 0. The Morgan fingerprint density at radius 2 is 1.92 bits per heavy atom. The second-order valence-corrected chi connectivity index (χ2v) is 6.27. The average molecular weight is 350 g/mol. The molecule has 6 heteroatoms. The summed E-state index contributed by atoms with van der Waals surface area (Å²) < 4.78 is 16.7. The van der Waals surface area contributed by atoms with Gasteiger partial charge in [0.05, 0.1) is 18.0 Å². The Morgan fingerprint density at radius 1 is 1.16 bits per heavy atom. The van der Waals surface area contributed by atoms with Crippen molar-refractivity contribution in [2.24, 2.45) is 0 Å². The molecule has 1 heterocycles. The molecule has 0 radical (unpaired) electrons. The van der Waals surface area contributed by atoms with E-state index in [4.69, 9.17) is 14.2 Å². The van der Waals surface area contributed by atoms with Crippen molar-refractivity contribution in [1.29, 1.82) is 0 Å². The second kappa shape index (κ2) is 9.73. The zero-order chi connectivity index (χ0) is 18.1. The lowest BCUT2D eigenvalue weighted by Crippen LogP contribution is -2.47. The number of carbonyl (C=O) groups excluding carboxylic acids is 1. The lowest BCUT2D eigenvalue weighted by atomic mass is 9.83. The van der Waals surface area contributed by atoms with Gasteiger partial charge >= 0.3 is 0 Å². The molecule has 1 aromatic rings.